The SMILES string of the molecule is Cn1ncnc1CN1CCCNC2(CCCCC2)C1. The average Bonchev–Trinajstić information content (AvgIpc) is 2.71. The highest BCUT2D eigenvalue weighted by Crippen LogP contribution is 2.30. The fourth-order valence-corrected chi connectivity index (χ4v) is 3.58. The maximum absolute atomic E-state index is 4.36. The summed E-state index contributed by atoms with van der Waals surface area (Å²) in [4.78, 5) is 6.93. The second kappa shape index (κ2) is 5.59. The molecule has 1 aliphatic carbocycles. The van der Waals surface area contributed by atoms with E-state index in [0.29, 0.717) is 5.54 Å². The predicted octanol–water partition coefficient (Wildman–Crippen LogP) is 1.31. The largest absolute Gasteiger partial charge is 0.310 e. The van der Waals surface area contributed by atoms with Gasteiger partial charge in [-0.3, -0.25) is 9.58 Å². The van der Waals surface area contributed by atoms with Gasteiger partial charge in [-0.15, -0.1) is 0 Å². The van der Waals surface area contributed by atoms with Crippen molar-refractivity contribution >= 4 is 0 Å². The van der Waals surface area contributed by atoms with Gasteiger partial charge in [0.1, 0.15) is 12.2 Å². The van der Waals surface area contributed by atoms with Crippen LogP contribution in [0, 0.1) is 0 Å². The van der Waals surface area contributed by atoms with E-state index in [1.807, 2.05) is 11.7 Å². The second-order valence-electron chi connectivity index (χ2n) is 6.13. The van der Waals surface area contributed by atoms with E-state index in [9.17, 15) is 0 Å². The van der Waals surface area contributed by atoms with Crippen LogP contribution < -0.4 is 5.32 Å². The number of nitrogens with zero attached hydrogens (tertiary/aromatic N) is 4. The molecule has 5 nitrogen and oxygen atoms in total. The third-order valence-electron chi connectivity index (χ3n) is 4.66. The lowest BCUT2D eigenvalue weighted by atomic mass is 9.81. The summed E-state index contributed by atoms with van der Waals surface area (Å²) in [6.07, 6.45) is 9.73. The molecule has 1 aromatic rings. The van der Waals surface area contributed by atoms with Crippen molar-refractivity contribution in [3.63, 3.8) is 0 Å². The van der Waals surface area contributed by atoms with Gasteiger partial charge in [0.25, 0.3) is 0 Å². The summed E-state index contributed by atoms with van der Waals surface area (Å²) in [6, 6.07) is 0. The smallest absolute Gasteiger partial charge is 0.140 e. The Labute approximate surface area is 115 Å². The van der Waals surface area contributed by atoms with Crippen molar-refractivity contribution in [1.82, 2.24) is 25.0 Å². The van der Waals surface area contributed by atoms with Crippen LogP contribution >= 0.6 is 0 Å². The van der Waals surface area contributed by atoms with Gasteiger partial charge in [0.05, 0.1) is 6.54 Å². The van der Waals surface area contributed by atoms with Crippen LogP contribution in [0.25, 0.3) is 0 Å². The van der Waals surface area contributed by atoms with Crippen molar-refractivity contribution in [2.24, 2.45) is 7.05 Å². The number of aryl methyl sites for hydroxylation is 1. The molecule has 2 fully saturated rings. The quantitative estimate of drug-likeness (QED) is 0.874. The fraction of sp³-hybridized carbons (Fsp3) is 0.857. The highest BCUT2D eigenvalue weighted by Gasteiger charge is 2.34. The van der Waals surface area contributed by atoms with Crippen LogP contribution in [-0.4, -0.2) is 44.8 Å². The van der Waals surface area contributed by atoms with Gasteiger partial charge in [0, 0.05) is 19.1 Å². The molecule has 106 valence electrons. The van der Waals surface area contributed by atoms with Crippen molar-refractivity contribution in [3.8, 4) is 0 Å². The number of hydrogen-bond donors (Lipinski definition) is 1. The average molecular weight is 263 g/mol. The van der Waals surface area contributed by atoms with Gasteiger partial charge in [-0.2, -0.15) is 5.10 Å². The summed E-state index contributed by atoms with van der Waals surface area (Å²) in [7, 11) is 1.98. The molecule has 1 aromatic heterocycles. The number of aromatic nitrogens is 3. The summed E-state index contributed by atoms with van der Waals surface area (Å²) < 4.78 is 1.89. The number of hydrogen-bond acceptors (Lipinski definition) is 4. The molecule has 0 bridgehead atoms. The molecule has 1 saturated heterocycles. The van der Waals surface area contributed by atoms with Crippen LogP contribution in [0.1, 0.15) is 44.3 Å². The van der Waals surface area contributed by atoms with Crippen molar-refractivity contribution in [3.05, 3.63) is 12.2 Å². The highest BCUT2D eigenvalue weighted by molar-refractivity contribution is 4.96. The third kappa shape index (κ3) is 2.98. The van der Waals surface area contributed by atoms with Crippen LogP contribution in [0.15, 0.2) is 6.33 Å². The van der Waals surface area contributed by atoms with E-state index in [1.54, 1.807) is 6.33 Å². The Morgan fingerprint density at radius 2 is 2.11 bits per heavy atom. The second-order valence-corrected chi connectivity index (χ2v) is 6.13. The minimum atomic E-state index is 0.368. The van der Waals surface area contributed by atoms with Gasteiger partial charge in [0.15, 0.2) is 0 Å². The van der Waals surface area contributed by atoms with E-state index >= 15 is 0 Å². The van der Waals surface area contributed by atoms with Crippen LogP contribution in [0.2, 0.25) is 0 Å². The molecular weight excluding hydrogens is 238 g/mol. The Balaban J connectivity index is 1.69. The minimum Gasteiger partial charge on any atom is -0.310 e. The Hall–Kier alpha value is -0.940. The zero-order valence-corrected chi connectivity index (χ0v) is 11.9. The summed E-state index contributed by atoms with van der Waals surface area (Å²) in [5.74, 6) is 1.08. The molecule has 5 heteroatoms. The van der Waals surface area contributed by atoms with Crippen molar-refractivity contribution in [2.45, 2.75) is 50.6 Å². The van der Waals surface area contributed by atoms with Gasteiger partial charge < -0.3 is 5.32 Å². The zero-order chi connectivity index (χ0) is 13.1. The molecule has 3 rings (SSSR count). The molecule has 0 atom stereocenters. The number of nitrogens with one attached hydrogen (secondary N) is 1. The summed E-state index contributed by atoms with van der Waals surface area (Å²) in [6.45, 7) is 4.43. The van der Waals surface area contributed by atoms with E-state index in [-0.39, 0.29) is 0 Å². The lowest BCUT2D eigenvalue weighted by molar-refractivity contribution is 0.156. The minimum absolute atomic E-state index is 0.368. The van der Waals surface area contributed by atoms with Crippen molar-refractivity contribution < 1.29 is 0 Å². The third-order valence-corrected chi connectivity index (χ3v) is 4.66. The van der Waals surface area contributed by atoms with E-state index in [1.165, 1.54) is 51.6 Å². The maximum Gasteiger partial charge on any atom is 0.140 e. The Kier molecular flexibility index (Phi) is 3.84. The lowest BCUT2D eigenvalue weighted by Gasteiger charge is -2.40. The molecule has 0 unspecified atom stereocenters. The van der Waals surface area contributed by atoms with Crippen LogP contribution in [0.4, 0.5) is 0 Å². The van der Waals surface area contributed by atoms with Crippen molar-refractivity contribution in [2.75, 3.05) is 19.6 Å². The van der Waals surface area contributed by atoms with Gasteiger partial charge in [0.2, 0.25) is 0 Å². The molecule has 2 heterocycles. The molecule has 1 saturated carbocycles. The monoisotopic (exact) mass is 263 g/mol. The Bertz CT molecular complexity index is 408. The van der Waals surface area contributed by atoms with E-state index < -0.39 is 0 Å². The molecule has 0 aromatic carbocycles. The zero-order valence-electron chi connectivity index (χ0n) is 11.9. The molecule has 1 N–H and O–H groups in total. The van der Waals surface area contributed by atoms with Gasteiger partial charge in [-0.25, -0.2) is 4.98 Å². The predicted molar refractivity (Wildman–Crippen MR) is 74.7 cm³/mol. The van der Waals surface area contributed by atoms with E-state index in [2.05, 4.69) is 20.3 Å². The standard InChI is InChI=1S/C14H25N5/c1-18-13(15-12-17-18)10-19-9-5-8-16-14(11-19)6-3-2-4-7-14/h12,16H,2-11H2,1H3. The first kappa shape index (κ1) is 13.1. The summed E-state index contributed by atoms with van der Waals surface area (Å²) in [5.41, 5.74) is 0.368. The first-order chi connectivity index (χ1) is 9.27. The summed E-state index contributed by atoms with van der Waals surface area (Å²) >= 11 is 0. The lowest BCUT2D eigenvalue weighted by Crippen LogP contribution is -2.52. The molecular formula is C14H25N5. The van der Waals surface area contributed by atoms with E-state index in [4.69, 9.17) is 0 Å². The topological polar surface area (TPSA) is 46.0 Å². The Morgan fingerprint density at radius 1 is 1.26 bits per heavy atom. The van der Waals surface area contributed by atoms with E-state index in [0.717, 1.165) is 18.9 Å². The molecule has 1 aliphatic heterocycles. The maximum atomic E-state index is 4.36. The van der Waals surface area contributed by atoms with Crippen LogP contribution in [0.5, 0.6) is 0 Å². The molecule has 0 radical (unpaired) electrons. The van der Waals surface area contributed by atoms with Gasteiger partial charge in [-0.1, -0.05) is 19.3 Å². The molecule has 19 heavy (non-hydrogen) atoms. The number of rotatable bonds is 2. The first-order valence-corrected chi connectivity index (χ1v) is 7.58. The highest BCUT2D eigenvalue weighted by atomic mass is 15.3. The Morgan fingerprint density at radius 3 is 2.84 bits per heavy atom. The fourth-order valence-electron chi connectivity index (χ4n) is 3.58. The van der Waals surface area contributed by atoms with Crippen LogP contribution in [-0.2, 0) is 13.6 Å². The molecule has 2 aliphatic rings. The van der Waals surface area contributed by atoms with Crippen LogP contribution in [0.3, 0.4) is 0 Å². The normalized spacial score (nSPS) is 24.5. The van der Waals surface area contributed by atoms with Gasteiger partial charge in [-0.05, 0) is 32.4 Å². The summed E-state index contributed by atoms with van der Waals surface area (Å²) in [5, 5.41) is 8.01. The van der Waals surface area contributed by atoms with Gasteiger partial charge >= 0.3 is 0 Å². The molecule has 1 spiro atoms. The van der Waals surface area contributed by atoms with Crippen molar-refractivity contribution in [1.29, 1.82) is 0 Å². The first-order valence-electron chi connectivity index (χ1n) is 7.58. The molecule has 0 amide bonds.